The van der Waals surface area contributed by atoms with Gasteiger partial charge in [-0.05, 0) is 61.7 Å². The van der Waals surface area contributed by atoms with E-state index in [1.165, 1.54) is 4.57 Å². The number of pyridine rings is 2. The summed E-state index contributed by atoms with van der Waals surface area (Å²) in [5.41, 5.74) is 0.957. The van der Waals surface area contributed by atoms with Crippen molar-refractivity contribution in [1.29, 1.82) is 0 Å². The van der Waals surface area contributed by atoms with Gasteiger partial charge in [-0.3, -0.25) is 14.2 Å². The summed E-state index contributed by atoms with van der Waals surface area (Å²) in [6.45, 7) is 5.56. The van der Waals surface area contributed by atoms with Crippen molar-refractivity contribution in [3.05, 3.63) is 104 Å². The summed E-state index contributed by atoms with van der Waals surface area (Å²) in [4.78, 5) is 44.2. The number of fused-ring (bicyclic) bond motifs is 1. The van der Waals surface area contributed by atoms with Gasteiger partial charge < -0.3 is 30.5 Å². The number of aryl methyl sites for hydroxylation is 2. The highest BCUT2D eigenvalue weighted by Gasteiger charge is 2.42. The lowest BCUT2D eigenvalue weighted by molar-refractivity contribution is 0.0696. The average molecular weight is 618 g/mol. The number of carboxylic acids is 1. The molecular weight excluding hydrogens is 586 g/mol. The zero-order valence-corrected chi connectivity index (χ0v) is 25.6. The number of carboxylic acid groups (broad SMARTS) is 1. The normalized spacial score (nSPS) is 15.4. The van der Waals surface area contributed by atoms with E-state index in [1.54, 1.807) is 77.5 Å². The number of hydrogen-bond donors (Lipinski definition) is 4. The van der Waals surface area contributed by atoms with Crippen LogP contribution in [0.2, 0.25) is 5.02 Å². The fourth-order valence-corrected chi connectivity index (χ4v) is 5.67. The van der Waals surface area contributed by atoms with Gasteiger partial charge in [0.1, 0.15) is 39.9 Å². The van der Waals surface area contributed by atoms with Crippen molar-refractivity contribution >= 4 is 40.7 Å². The number of ether oxygens (including phenoxy) is 2. The number of nitrogens with one attached hydrogen (secondary N) is 3. The van der Waals surface area contributed by atoms with Crippen molar-refractivity contribution < 1.29 is 24.2 Å². The van der Waals surface area contributed by atoms with Crippen LogP contribution in [0.5, 0.6) is 11.5 Å². The van der Waals surface area contributed by atoms with E-state index in [4.69, 9.17) is 21.1 Å². The van der Waals surface area contributed by atoms with E-state index in [0.717, 1.165) is 5.56 Å². The zero-order chi connectivity index (χ0) is 31.8. The molecule has 1 aliphatic heterocycles. The lowest BCUT2D eigenvalue weighted by atomic mass is 10.0. The number of amides is 1. The Bertz CT molecular complexity index is 1860. The number of methoxy groups -OCH3 is 2. The molecule has 2 aromatic carbocycles. The number of halogens is 1. The summed E-state index contributed by atoms with van der Waals surface area (Å²) in [5.74, 6) is 0.0521. The molecule has 0 saturated carbocycles. The number of rotatable bonds is 10. The Balaban J connectivity index is 1.58. The maximum absolute atomic E-state index is 14.1. The van der Waals surface area contributed by atoms with Crippen LogP contribution in [0.4, 0.5) is 17.2 Å². The van der Waals surface area contributed by atoms with Crippen LogP contribution in [0, 0.1) is 6.92 Å². The molecule has 228 valence electrons. The molecule has 4 aromatic rings. The van der Waals surface area contributed by atoms with E-state index in [2.05, 4.69) is 20.9 Å². The Hall–Kier alpha value is -5.03. The van der Waals surface area contributed by atoms with Crippen LogP contribution >= 0.6 is 11.6 Å². The Labute approximate surface area is 258 Å². The molecule has 1 aliphatic rings. The predicted molar refractivity (Wildman–Crippen MR) is 168 cm³/mol. The standard InChI is InChI=1S/C32H32ClN5O6/c1-6-22-27(31(41)42)23(15-26(36-22)34-16-18-10-11-21(43-4)14-25(18)44-5)35-24-12-17(2)28-29(39)37-32(3,38(28)30(24)40)19-8-7-9-20(33)13-19/h7-15H,6,16H2,1-5H3,(H,37,39)(H,41,42)(H2,34,35,36). The topological polar surface area (TPSA) is 144 Å². The van der Waals surface area contributed by atoms with Crippen LogP contribution in [0.25, 0.3) is 0 Å². The molecule has 12 heteroatoms. The van der Waals surface area contributed by atoms with Crippen molar-refractivity contribution in [2.24, 2.45) is 0 Å². The molecule has 0 spiro atoms. The van der Waals surface area contributed by atoms with Gasteiger partial charge in [-0.2, -0.15) is 0 Å². The quantitative estimate of drug-likeness (QED) is 0.186. The summed E-state index contributed by atoms with van der Waals surface area (Å²) < 4.78 is 12.2. The molecule has 0 aliphatic carbocycles. The van der Waals surface area contributed by atoms with Gasteiger partial charge in [-0.25, -0.2) is 9.78 Å². The predicted octanol–water partition coefficient (Wildman–Crippen LogP) is 5.30. The minimum atomic E-state index is -1.23. The van der Waals surface area contributed by atoms with Crippen LogP contribution < -0.4 is 31.0 Å². The van der Waals surface area contributed by atoms with Crippen LogP contribution in [-0.4, -0.2) is 40.8 Å². The highest BCUT2D eigenvalue weighted by atomic mass is 35.5. The number of carbonyl (C=O) groups excluding carboxylic acids is 1. The fourth-order valence-electron chi connectivity index (χ4n) is 5.48. The number of benzene rings is 2. The van der Waals surface area contributed by atoms with Crippen molar-refractivity contribution in [3.63, 3.8) is 0 Å². The second-order valence-corrected chi connectivity index (χ2v) is 10.9. The summed E-state index contributed by atoms with van der Waals surface area (Å²) in [6.07, 6.45) is 0.325. The van der Waals surface area contributed by atoms with Gasteiger partial charge in [0.05, 0.1) is 25.6 Å². The SMILES string of the molecule is CCc1nc(NCc2ccc(OC)cc2OC)cc(Nc2cc(C)c3n(c2=O)C(C)(c2cccc(Cl)c2)NC3=O)c1C(=O)O. The van der Waals surface area contributed by atoms with Crippen molar-refractivity contribution in [2.75, 3.05) is 24.9 Å². The van der Waals surface area contributed by atoms with Crippen molar-refractivity contribution in [3.8, 4) is 11.5 Å². The second kappa shape index (κ2) is 11.9. The molecule has 1 atom stereocenters. The summed E-state index contributed by atoms with van der Waals surface area (Å²) in [6, 6.07) is 15.4. The fraction of sp³-hybridized carbons (Fsp3) is 0.250. The van der Waals surface area contributed by atoms with E-state index < -0.39 is 23.1 Å². The molecule has 3 heterocycles. The highest BCUT2D eigenvalue weighted by molar-refractivity contribution is 6.30. The Kier molecular flexibility index (Phi) is 8.25. The third-order valence-corrected chi connectivity index (χ3v) is 7.90. The Morgan fingerprint density at radius 2 is 1.86 bits per heavy atom. The van der Waals surface area contributed by atoms with E-state index in [-0.39, 0.29) is 22.6 Å². The number of aromatic nitrogens is 2. The summed E-state index contributed by atoms with van der Waals surface area (Å²) in [5, 5.41) is 19.8. The summed E-state index contributed by atoms with van der Waals surface area (Å²) in [7, 11) is 3.13. The lowest BCUT2D eigenvalue weighted by Crippen LogP contribution is -2.46. The first kappa shape index (κ1) is 30.4. The van der Waals surface area contributed by atoms with Gasteiger partial charge in [-0.1, -0.05) is 30.7 Å². The van der Waals surface area contributed by atoms with Crippen LogP contribution in [0.1, 0.15) is 57.1 Å². The maximum Gasteiger partial charge on any atom is 0.339 e. The van der Waals surface area contributed by atoms with E-state index in [1.807, 2.05) is 12.1 Å². The van der Waals surface area contributed by atoms with Gasteiger partial charge in [0.15, 0.2) is 0 Å². The minimum Gasteiger partial charge on any atom is -0.497 e. The van der Waals surface area contributed by atoms with Gasteiger partial charge >= 0.3 is 5.97 Å². The van der Waals surface area contributed by atoms with E-state index in [9.17, 15) is 19.5 Å². The van der Waals surface area contributed by atoms with Gasteiger partial charge in [-0.15, -0.1) is 0 Å². The first-order valence-electron chi connectivity index (χ1n) is 13.8. The van der Waals surface area contributed by atoms with Crippen molar-refractivity contribution in [2.45, 2.75) is 39.4 Å². The average Bonchev–Trinajstić information content (AvgIpc) is 3.29. The summed E-state index contributed by atoms with van der Waals surface area (Å²) >= 11 is 6.25. The van der Waals surface area contributed by atoms with Gasteiger partial charge in [0.25, 0.3) is 11.5 Å². The molecule has 1 amide bonds. The smallest absolute Gasteiger partial charge is 0.339 e. The molecule has 44 heavy (non-hydrogen) atoms. The van der Waals surface area contributed by atoms with E-state index >= 15 is 0 Å². The molecule has 0 bridgehead atoms. The highest BCUT2D eigenvalue weighted by Crippen LogP contribution is 2.34. The molecular formula is C32H32ClN5O6. The number of aromatic carboxylic acids is 1. The molecule has 5 rings (SSSR count). The first-order valence-corrected chi connectivity index (χ1v) is 14.2. The molecule has 2 aromatic heterocycles. The minimum absolute atomic E-state index is 0.0607. The molecule has 4 N–H and O–H groups in total. The van der Waals surface area contributed by atoms with E-state index in [0.29, 0.717) is 52.1 Å². The monoisotopic (exact) mass is 617 g/mol. The number of carbonyl (C=O) groups is 2. The van der Waals surface area contributed by atoms with Crippen LogP contribution in [0.3, 0.4) is 0 Å². The van der Waals surface area contributed by atoms with Crippen LogP contribution in [0.15, 0.2) is 59.4 Å². The van der Waals surface area contributed by atoms with Gasteiger partial charge in [0, 0.05) is 29.3 Å². The maximum atomic E-state index is 14.1. The first-order chi connectivity index (χ1) is 21.0. The zero-order valence-electron chi connectivity index (χ0n) is 24.9. The second-order valence-electron chi connectivity index (χ2n) is 10.5. The molecule has 0 saturated heterocycles. The van der Waals surface area contributed by atoms with Gasteiger partial charge in [0.2, 0.25) is 0 Å². The van der Waals surface area contributed by atoms with Crippen molar-refractivity contribution in [1.82, 2.24) is 14.9 Å². The molecule has 0 radical (unpaired) electrons. The molecule has 0 fully saturated rings. The third-order valence-electron chi connectivity index (χ3n) is 7.66. The number of nitrogens with zero attached hydrogens (tertiary/aromatic N) is 2. The Morgan fingerprint density at radius 1 is 1.09 bits per heavy atom. The largest absolute Gasteiger partial charge is 0.497 e. The lowest BCUT2D eigenvalue weighted by Gasteiger charge is -2.28. The Morgan fingerprint density at radius 3 is 2.52 bits per heavy atom. The molecule has 1 unspecified atom stereocenters. The molecule has 11 nitrogen and oxygen atoms in total. The van der Waals surface area contributed by atoms with Crippen LogP contribution in [-0.2, 0) is 18.6 Å². The number of anilines is 3. The number of hydrogen-bond acceptors (Lipinski definition) is 8. The third kappa shape index (κ3) is 5.42.